The van der Waals surface area contributed by atoms with Gasteiger partial charge >= 0.3 is 0 Å². The average Bonchev–Trinajstić information content (AvgIpc) is 2.60. The summed E-state index contributed by atoms with van der Waals surface area (Å²) in [6.07, 6.45) is 2.81. The zero-order valence-corrected chi connectivity index (χ0v) is 19.2. The van der Waals surface area contributed by atoms with Crippen LogP contribution in [0, 0.1) is 0 Å². The van der Waals surface area contributed by atoms with Crippen molar-refractivity contribution < 1.29 is 0 Å². The maximum absolute atomic E-state index is 5.64. The van der Waals surface area contributed by atoms with Gasteiger partial charge < -0.3 is 0 Å². The second-order valence-electron chi connectivity index (χ2n) is 9.35. The zero-order chi connectivity index (χ0) is 20.2. The van der Waals surface area contributed by atoms with E-state index in [1.807, 2.05) is 0 Å². The summed E-state index contributed by atoms with van der Waals surface area (Å²) in [4.78, 5) is 2.06. The van der Waals surface area contributed by atoms with E-state index >= 15 is 0 Å². The molecule has 0 fully saturated rings. The molecule has 0 nitrogen and oxygen atoms in total. The molecule has 0 amide bonds. The molecule has 0 aliphatic heterocycles. The van der Waals surface area contributed by atoms with Crippen molar-refractivity contribution >= 4 is 34.2 Å². The highest BCUT2D eigenvalue weighted by molar-refractivity contribution is 7.81. The average molecular weight is 397 g/mol. The van der Waals surface area contributed by atoms with Crippen molar-refractivity contribution in [3.05, 3.63) is 70.8 Å². The third-order valence-corrected chi connectivity index (χ3v) is 5.83. The molecule has 0 heterocycles. The monoisotopic (exact) mass is 396 g/mol. The molecular weight excluding hydrogens is 364 g/mol. The maximum Gasteiger partial charge on any atom is 0.0224 e. The zero-order valence-electron chi connectivity index (χ0n) is 17.6. The second-order valence-corrected chi connectivity index (χ2v) is 10.3. The van der Waals surface area contributed by atoms with Gasteiger partial charge in [-0.3, -0.25) is 0 Å². The first kappa shape index (κ1) is 21.9. The molecule has 0 saturated carbocycles. The van der Waals surface area contributed by atoms with Gasteiger partial charge in [-0.05, 0) is 52.3 Å². The van der Waals surface area contributed by atoms with E-state index < -0.39 is 0 Å². The summed E-state index contributed by atoms with van der Waals surface area (Å²) in [7, 11) is 0. The molecule has 0 atom stereocenters. The van der Waals surface area contributed by atoms with Gasteiger partial charge in [-0.2, -0.15) is 0 Å². The quantitative estimate of drug-likeness (QED) is 0.364. The van der Waals surface area contributed by atoms with E-state index in [0.717, 1.165) is 29.0 Å². The van der Waals surface area contributed by atoms with E-state index in [4.69, 9.17) is 24.4 Å². The Kier molecular flexibility index (Phi) is 7.10. The third kappa shape index (κ3) is 6.33. The molecule has 0 spiro atoms. The Hall–Kier alpha value is -1.38. The molecule has 0 saturated heterocycles. The van der Waals surface area contributed by atoms with Crippen molar-refractivity contribution in [2.24, 2.45) is 0 Å². The van der Waals surface area contributed by atoms with Crippen molar-refractivity contribution in [3.63, 3.8) is 0 Å². The molecule has 0 aliphatic rings. The molecule has 2 aromatic carbocycles. The molecule has 0 N–H and O–H groups in total. The lowest BCUT2D eigenvalue weighted by molar-refractivity contribution is 0.590. The van der Waals surface area contributed by atoms with E-state index in [2.05, 4.69) is 90.1 Å². The van der Waals surface area contributed by atoms with Gasteiger partial charge in [-0.15, -0.1) is 0 Å². The van der Waals surface area contributed by atoms with Crippen molar-refractivity contribution in [1.29, 1.82) is 0 Å². The SMILES string of the molecule is CC(C)(C)c1ccc(C(=S)CCCC(=S)c2ccc(C(C)(C)C)cc2)cc1. The van der Waals surface area contributed by atoms with Crippen molar-refractivity contribution in [2.75, 3.05) is 0 Å². The smallest absolute Gasteiger partial charge is 0.0224 e. The predicted octanol–water partition coefficient (Wildman–Crippen LogP) is 7.59. The van der Waals surface area contributed by atoms with Crippen LogP contribution in [0.2, 0.25) is 0 Å². The van der Waals surface area contributed by atoms with Gasteiger partial charge in [0.2, 0.25) is 0 Å². The Morgan fingerprint density at radius 1 is 0.593 bits per heavy atom. The first-order chi connectivity index (χ1) is 12.5. The van der Waals surface area contributed by atoms with E-state index in [1.54, 1.807) is 0 Å². The molecule has 0 aliphatic carbocycles. The number of rotatable bonds is 6. The van der Waals surface area contributed by atoms with Crippen LogP contribution in [0.5, 0.6) is 0 Å². The Labute approximate surface area is 176 Å². The van der Waals surface area contributed by atoms with Crippen LogP contribution in [0.15, 0.2) is 48.5 Å². The second kappa shape index (κ2) is 8.75. The number of hydrogen-bond acceptors (Lipinski definition) is 2. The summed E-state index contributed by atoms with van der Waals surface area (Å²) >= 11 is 11.3. The van der Waals surface area contributed by atoms with Crippen LogP contribution in [0.3, 0.4) is 0 Å². The summed E-state index contributed by atoms with van der Waals surface area (Å²) in [6, 6.07) is 17.4. The fourth-order valence-electron chi connectivity index (χ4n) is 3.01. The van der Waals surface area contributed by atoms with Crippen molar-refractivity contribution in [1.82, 2.24) is 0 Å². The Balaban J connectivity index is 1.88. The summed E-state index contributed by atoms with van der Waals surface area (Å²) in [5.74, 6) is 0. The van der Waals surface area contributed by atoms with E-state index in [9.17, 15) is 0 Å². The molecule has 2 rings (SSSR count). The number of thiocarbonyl (C=S) groups is 2. The van der Waals surface area contributed by atoms with E-state index in [1.165, 1.54) is 22.3 Å². The van der Waals surface area contributed by atoms with Gasteiger partial charge in [0.15, 0.2) is 0 Å². The van der Waals surface area contributed by atoms with Crippen molar-refractivity contribution in [3.8, 4) is 0 Å². The first-order valence-electron chi connectivity index (χ1n) is 9.76. The highest BCUT2D eigenvalue weighted by Gasteiger charge is 2.14. The van der Waals surface area contributed by atoms with Crippen LogP contribution in [0.1, 0.15) is 83.1 Å². The molecular formula is C25H32S2. The fraction of sp³-hybridized carbons (Fsp3) is 0.440. The lowest BCUT2D eigenvalue weighted by Crippen LogP contribution is -2.11. The van der Waals surface area contributed by atoms with Crippen LogP contribution in [0.4, 0.5) is 0 Å². The topological polar surface area (TPSA) is 0 Å². The lowest BCUT2D eigenvalue weighted by atomic mass is 9.86. The van der Waals surface area contributed by atoms with Crippen LogP contribution < -0.4 is 0 Å². The normalized spacial score (nSPS) is 12.1. The Bertz CT molecular complexity index is 713. The maximum atomic E-state index is 5.64. The fourth-order valence-corrected chi connectivity index (χ4v) is 3.57. The minimum atomic E-state index is 0.175. The first-order valence-corrected chi connectivity index (χ1v) is 10.6. The highest BCUT2D eigenvalue weighted by atomic mass is 32.1. The molecule has 2 aromatic rings. The van der Waals surface area contributed by atoms with Crippen LogP contribution >= 0.6 is 24.4 Å². The largest absolute Gasteiger partial charge is 0.0843 e. The van der Waals surface area contributed by atoms with Crippen LogP contribution in [-0.2, 0) is 10.8 Å². The molecule has 2 heteroatoms. The summed E-state index contributed by atoms with van der Waals surface area (Å²) in [5, 5.41) is 0. The summed E-state index contributed by atoms with van der Waals surface area (Å²) < 4.78 is 0. The molecule has 27 heavy (non-hydrogen) atoms. The summed E-state index contributed by atoms with van der Waals surface area (Å²) in [6.45, 7) is 13.4. The lowest BCUT2D eigenvalue weighted by Gasteiger charge is -2.19. The molecule has 0 aromatic heterocycles. The van der Waals surface area contributed by atoms with Gasteiger partial charge in [-0.25, -0.2) is 0 Å². The minimum absolute atomic E-state index is 0.175. The third-order valence-electron chi connectivity index (χ3n) is 4.95. The van der Waals surface area contributed by atoms with Crippen LogP contribution in [-0.4, -0.2) is 9.73 Å². The Morgan fingerprint density at radius 2 is 0.889 bits per heavy atom. The highest BCUT2D eigenvalue weighted by Crippen LogP contribution is 2.24. The van der Waals surface area contributed by atoms with Gasteiger partial charge in [0.1, 0.15) is 0 Å². The molecule has 0 unspecified atom stereocenters. The standard InChI is InChI=1S/C25H32S2/c1-24(2,3)20-14-10-18(11-15-20)22(26)8-7-9-23(27)19-12-16-21(17-13-19)25(4,5)6/h10-17H,7-9H2,1-6H3. The van der Waals surface area contributed by atoms with Crippen LogP contribution in [0.25, 0.3) is 0 Å². The van der Waals surface area contributed by atoms with Gasteiger partial charge in [-0.1, -0.05) is 115 Å². The van der Waals surface area contributed by atoms with E-state index in [-0.39, 0.29) is 10.8 Å². The Morgan fingerprint density at radius 3 is 1.15 bits per heavy atom. The number of benzene rings is 2. The van der Waals surface area contributed by atoms with E-state index in [0.29, 0.717) is 0 Å². The van der Waals surface area contributed by atoms with Gasteiger partial charge in [0, 0.05) is 9.73 Å². The molecule has 0 bridgehead atoms. The predicted molar refractivity (Wildman–Crippen MR) is 128 cm³/mol. The summed E-state index contributed by atoms with van der Waals surface area (Å²) in [5.41, 5.74) is 5.36. The molecule has 0 radical (unpaired) electrons. The minimum Gasteiger partial charge on any atom is -0.0843 e. The van der Waals surface area contributed by atoms with Gasteiger partial charge in [0.25, 0.3) is 0 Å². The number of hydrogen-bond donors (Lipinski definition) is 0. The van der Waals surface area contributed by atoms with Gasteiger partial charge in [0.05, 0.1) is 0 Å². The van der Waals surface area contributed by atoms with Crippen molar-refractivity contribution in [2.45, 2.75) is 71.6 Å². The molecule has 144 valence electrons.